The predicted molar refractivity (Wildman–Crippen MR) is 71.0 cm³/mol. The summed E-state index contributed by atoms with van der Waals surface area (Å²) >= 11 is 3.36. The lowest BCUT2D eigenvalue weighted by Gasteiger charge is -2.03. The number of aromatic nitrogens is 2. The lowest BCUT2D eigenvalue weighted by Crippen LogP contribution is -2.05. The summed E-state index contributed by atoms with van der Waals surface area (Å²) < 4.78 is 19.2. The van der Waals surface area contributed by atoms with Gasteiger partial charge in [0.25, 0.3) is 0 Å². The number of halogens is 2. The van der Waals surface area contributed by atoms with E-state index >= 15 is 0 Å². The standard InChI is InChI=1S/C12H13BrFN3O/c1-15-6-9-11(13)17-12(16-9)7-3-4-10(18-2)8(14)5-7/h3-5,15H,6H2,1-2H3,(H,16,17). The molecule has 0 radical (unpaired) electrons. The molecule has 0 saturated heterocycles. The van der Waals surface area contributed by atoms with E-state index in [-0.39, 0.29) is 5.75 Å². The Morgan fingerprint density at radius 1 is 1.50 bits per heavy atom. The lowest BCUT2D eigenvalue weighted by molar-refractivity contribution is 0.386. The Balaban J connectivity index is 2.36. The number of hydrogen-bond donors (Lipinski definition) is 2. The summed E-state index contributed by atoms with van der Waals surface area (Å²) in [5.74, 6) is 0.436. The van der Waals surface area contributed by atoms with Gasteiger partial charge in [0, 0.05) is 12.1 Å². The van der Waals surface area contributed by atoms with Crippen molar-refractivity contribution in [1.29, 1.82) is 0 Å². The second kappa shape index (κ2) is 5.49. The van der Waals surface area contributed by atoms with Crippen LogP contribution in [0.1, 0.15) is 5.69 Å². The van der Waals surface area contributed by atoms with Crippen molar-refractivity contribution < 1.29 is 9.13 Å². The minimum Gasteiger partial charge on any atom is -0.494 e. The average molecular weight is 314 g/mol. The summed E-state index contributed by atoms with van der Waals surface area (Å²) in [6.45, 7) is 0.659. The Kier molecular flexibility index (Phi) is 3.98. The molecule has 1 heterocycles. The van der Waals surface area contributed by atoms with E-state index in [1.165, 1.54) is 13.2 Å². The van der Waals surface area contributed by atoms with Crippen LogP contribution >= 0.6 is 15.9 Å². The summed E-state index contributed by atoms with van der Waals surface area (Å²) in [4.78, 5) is 7.45. The van der Waals surface area contributed by atoms with E-state index < -0.39 is 5.82 Å². The molecule has 0 aliphatic carbocycles. The minimum absolute atomic E-state index is 0.222. The zero-order chi connectivity index (χ0) is 13.1. The van der Waals surface area contributed by atoms with E-state index in [2.05, 4.69) is 31.2 Å². The van der Waals surface area contributed by atoms with Gasteiger partial charge < -0.3 is 15.0 Å². The average Bonchev–Trinajstić information content (AvgIpc) is 2.71. The van der Waals surface area contributed by atoms with E-state index in [4.69, 9.17) is 4.74 Å². The molecule has 96 valence electrons. The molecule has 0 atom stereocenters. The van der Waals surface area contributed by atoms with Crippen LogP contribution in [0.2, 0.25) is 0 Å². The van der Waals surface area contributed by atoms with Gasteiger partial charge in [0.15, 0.2) is 11.6 Å². The molecule has 0 saturated carbocycles. The van der Waals surface area contributed by atoms with Crippen LogP contribution in [0.3, 0.4) is 0 Å². The molecule has 2 rings (SSSR count). The third-order valence-corrected chi connectivity index (χ3v) is 3.16. The van der Waals surface area contributed by atoms with Gasteiger partial charge in [0.05, 0.1) is 12.8 Å². The number of ether oxygens (including phenoxy) is 1. The Morgan fingerprint density at radius 3 is 2.89 bits per heavy atom. The van der Waals surface area contributed by atoms with E-state index in [0.29, 0.717) is 17.9 Å². The van der Waals surface area contributed by atoms with E-state index in [0.717, 1.165) is 10.3 Å². The van der Waals surface area contributed by atoms with Crippen LogP contribution in [-0.2, 0) is 6.54 Å². The highest BCUT2D eigenvalue weighted by atomic mass is 79.9. The van der Waals surface area contributed by atoms with Crippen molar-refractivity contribution in [2.24, 2.45) is 0 Å². The number of nitrogens with zero attached hydrogens (tertiary/aromatic N) is 1. The number of hydrogen-bond acceptors (Lipinski definition) is 3. The summed E-state index contributed by atoms with van der Waals surface area (Å²) in [7, 11) is 3.28. The van der Waals surface area contributed by atoms with Gasteiger partial charge in [-0.25, -0.2) is 9.37 Å². The first-order chi connectivity index (χ1) is 8.65. The molecule has 0 aliphatic rings. The highest BCUT2D eigenvalue weighted by Crippen LogP contribution is 2.26. The SMILES string of the molecule is CNCc1[nH]c(-c2ccc(OC)c(F)c2)nc1Br. The molecule has 0 spiro atoms. The minimum atomic E-state index is -0.405. The molecule has 2 aromatic rings. The van der Waals surface area contributed by atoms with E-state index in [1.54, 1.807) is 12.1 Å². The molecule has 1 aromatic carbocycles. The number of rotatable bonds is 4. The third kappa shape index (κ3) is 2.54. The van der Waals surface area contributed by atoms with E-state index in [1.807, 2.05) is 7.05 Å². The fourth-order valence-electron chi connectivity index (χ4n) is 1.63. The maximum atomic E-state index is 13.6. The Bertz CT molecular complexity index is 556. The maximum Gasteiger partial charge on any atom is 0.165 e. The molecule has 6 heteroatoms. The third-order valence-electron chi connectivity index (χ3n) is 2.51. The van der Waals surface area contributed by atoms with Gasteiger partial charge in [-0.3, -0.25) is 0 Å². The van der Waals surface area contributed by atoms with Crippen molar-refractivity contribution in [1.82, 2.24) is 15.3 Å². The second-order valence-corrected chi connectivity index (χ2v) is 4.49. The number of benzene rings is 1. The predicted octanol–water partition coefficient (Wildman–Crippen LogP) is 2.71. The molecule has 0 aliphatic heterocycles. The van der Waals surface area contributed by atoms with Crippen molar-refractivity contribution in [2.75, 3.05) is 14.2 Å². The summed E-state index contributed by atoms with van der Waals surface area (Å²) in [5, 5.41) is 3.02. The van der Waals surface area contributed by atoms with Crippen LogP contribution < -0.4 is 10.1 Å². The van der Waals surface area contributed by atoms with Gasteiger partial charge in [0.1, 0.15) is 10.4 Å². The summed E-state index contributed by atoms with van der Waals surface area (Å²) in [5.41, 5.74) is 1.60. The second-order valence-electron chi connectivity index (χ2n) is 3.73. The number of imidazole rings is 1. The van der Waals surface area contributed by atoms with Crippen LogP contribution in [0.4, 0.5) is 4.39 Å². The number of H-pyrrole nitrogens is 1. The Hall–Kier alpha value is -1.40. The van der Waals surface area contributed by atoms with Crippen molar-refractivity contribution in [3.8, 4) is 17.1 Å². The van der Waals surface area contributed by atoms with Gasteiger partial charge in [-0.05, 0) is 41.2 Å². The monoisotopic (exact) mass is 313 g/mol. The van der Waals surface area contributed by atoms with Crippen LogP contribution in [0.15, 0.2) is 22.8 Å². The van der Waals surface area contributed by atoms with E-state index in [9.17, 15) is 4.39 Å². The smallest absolute Gasteiger partial charge is 0.165 e. The molecule has 0 fully saturated rings. The van der Waals surface area contributed by atoms with Crippen molar-refractivity contribution in [2.45, 2.75) is 6.54 Å². The van der Waals surface area contributed by atoms with Gasteiger partial charge in [-0.2, -0.15) is 0 Å². The van der Waals surface area contributed by atoms with Gasteiger partial charge in [0.2, 0.25) is 0 Å². The summed E-state index contributed by atoms with van der Waals surface area (Å²) in [6.07, 6.45) is 0. The zero-order valence-electron chi connectivity index (χ0n) is 10.1. The number of nitrogens with one attached hydrogen (secondary N) is 2. The Labute approximate surface area is 113 Å². The first kappa shape index (κ1) is 13.0. The molecule has 4 nitrogen and oxygen atoms in total. The fourth-order valence-corrected chi connectivity index (χ4v) is 2.05. The molecular weight excluding hydrogens is 301 g/mol. The molecular formula is C12H13BrFN3O. The Morgan fingerprint density at radius 2 is 2.28 bits per heavy atom. The van der Waals surface area contributed by atoms with Crippen LogP contribution in [0.25, 0.3) is 11.4 Å². The summed E-state index contributed by atoms with van der Waals surface area (Å²) in [6, 6.07) is 4.74. The fraction of sp³-hybridized carbons (Fsp3) is 0.250. The molecule has 2 N–H and O–H groups in total. The zero-order valence-corrected chi connectivity index (χ0v) is 11.6. The first-order valence-electron chi connectivity index (χ1n) is 5.38. The molecule has 1 aromatic heterocycles. The lowest BCUT2D eigenvalue weighted by atomic mass is 10.2. The van der Waals surface area contributed by atoms with Crippen LogP contribution in [-0.4, -0.2) is 24.1 Å². The highest BCUT2D eigenvalue weighted by Gasteiger charge is 2.11. The normalized spacial score (nSPS) is 10.7. The van der Waals surface area contributed by atoms with Crippen molar-refractivity contribution >= 4 is 15.9 Å². The topological polar surface area (TPSA) is 49.9 Å². The highest BCUT2D eigenvalue weighted by molar-refractivity contribution is 9.10. The van der Waals surface area contributed by atoms with Gasteiger partial charge >= 0.3 is 0 Å². The van der Waals surface area contributed by atoms with Gasteiger partial charge in [-0.15, -0.1) is 0 Å². The first-order valence-corrected chi connectivity index (χ1v) is 6.18. The van der Waals surface area contributed by atoms with Crippen molar-refractivity contribution in [3.63, 3.8) is 0 Å². The largest absolute Gasteiger partial charge is 0.494 e. The quantitative estimate of drug-likeness (QED) is 0.912. The van der Waals surface area contributed by atoms with Crippen molar-refractivity contribution in [3.05, 3.63) is 34.3 Å². The van der Waals surface area contributed by atoms with Gasteiger partial charge in [-0.1, -0.05) is 0 Å². The van der Waals surface area contributed by atoms with Crippen LogP contribution in [0, 0.1) is 5.82 Å². The molecule has 0 amide bonds. The molecule has 0 unspecified atom stereocenters. The molecule has 0 bridgehead atoms. The number of methoxy groups -OCH3 is 1. The number of aromatic amines is 1. The maximum absolute atomic E-state index is 13.6. The molecule has 18 heavy (non-hydrogen) atoms. The van der Waals surface area contributed by atoms with Crippen LogP contribution in [0.5, 0.6) is 5.75 Å².